The Kier molecular flexibility index (Phi) is 5.62. The maximum atomic E-state index is 13.1. The van der Waals surface area contributed by atoms with Gasteiger partial charge in [0.15, 0.2) is 0 Å². The third-order valence-corrected chi connectivity index (χ3v) is 6.98. The van der Waals surface area contributed by atoms with Crippen molar-refractivity contribution in [3.63, 3.8) is 0 Å². The highest BCUT2D eigenvalue weighted by Gasteiger charge is 2.23. The number of benzene rings is 3. The number of nitrogens with zero attached hydrogens (tertiary/aromatic N) is 1. The minimum Gasteiger partial charge on any atom is -0.291 e. The van der Waals surface area contributed by atoms with Gasteiger partial charge in [-0.25, -0.2) is 12.8 Å². The zero-order valence-corrected chi connectivity index (χ0v) is 18.8. The van der Waals surface area contributed by atoms with Crippen LogP contribution in [0.4, 0.5) is 10.1 Å². The van der Waals surface area contributed by atoms with E-state index >= 15 is 0 Å². The SMILES string of the molecule is CC(C)(C)c1ccc(CN2Cc3ccc(S(=O)(=O)Nc4ccc(F)cc4)cc3C2)cc1. The van der Waals surface area contributed by atoms with Gasteiger partial charge in [0.2, 0.25) is 0 Å². The van der Waals surface area contributed by atoms with Crippen LogP contribution in [0.1, 0.15) is 43.0 Å². The first-order valence-corrected chi connectivity index (χ1v) is 11.8. The number of hydrogen-bond donors (Lipinski definition) is 1. The third-order valence-electron chi connectivity index (χ3n) is 5.60. The number of rotatable bonds is 5. The van der Waals surface area contributed by atoms with Gasteiger partial charge in [-0.05, 0) is 64.1 Å². The molecule has 0 spiro atoms. The lowest BCUT2D eigenvalue weighted by atomic mass is 9.87. The Bertz CT molecular complexity index is 1180. The molecule has 4 nitrogen and oxygen atoms in total. The van der Waals surface area contributed by atoms with Crippen LogP contribution in [-0.2, 0) is 35.1 Å². The second-order valence-corrected chi connectivity index (χ2v) is 10.8. The Hall–Kier alpha value is -2.70. The van der Waals surface area contributed by atoms with Crippen molar-refractivity contribution in [2.45, 2.75) is 50.7 Å². The van der Waals surface area contributed by atoms with Gasteiger partial charge in [-0.15, -0.1) is 0 Å². The van der Waals surface area contributed by atoms with Crippen molar-refractivity contribution in [2.75, 3.05) is 4.72 Å². The fraction of sp³-hybridized carbons (Fsp3) is 0.280. The van der Waals surface area contributed by atoms with Crippen LogP contribution >= 0.6 is 0 Å². The molecule has 0 saturated carbocycles. The number of anilines is 1. The third kappa shape index (κ3) is 4.97. The monoisotopic (exact) mass is 438 g/mol. The lowest BCUT2D eigenvalue weighted by Gasteiger charge is -2.20. The van der Waals surface area contributed by atoms with Gasteiger partial charge < -0.3 is 0 Å². The van der Waals surface area contributed by atoms with Gasteiger partial charge in [-0.1, -0.05) is 51.1 Å². The van der Waals surface area contributed by atoms with Gasteiger partial charge >= 0.3 is 0 Å². The van der Waals surface area contributed by atoms with Crippen LogP contribution in [-0.4, -0.2) is 13.3 Å². The molecule has 0 radical (unpaired) electrons. The minimum atomic E-state index is -3.73. The predicted molar refractivity (Wildman–Crippen MR) is 122 cm³/mol. The lowest BCUT2D eigenvalue weighted by molar-refractivity contribution is 0.275. The van der Waals surface area contributed by atoms with Crippen LogP contribution < -0.4 is 4.72 Å². The number of halogens is 1. The molecule has 0 amide bonds. The number of fused-ring (bicyclic) bond motifs is 1. The van der Waals surface area contributed by atoms with E-state index in [0.717, 1.165) is 24.2 Å². The first-order valence-electron chi connectivity index (χ1n) is 10.3. The summed E-state index contributed by atoms with van der Waals surface area (Å²) in [6.45, 7) is 8.93. The van der Waals surface area contributed by atoms with E-state index in [-0.39, 0.29) is 10.3 Å². The fourth-order valence-corrected chi connectivity index (χ4v) is 4.93. The average Bonchev–Trinajstić information content (AvgIpc) is 3.11. The molecule has 162 valence electrons. The summed E-state index contributed by atoms with van der Waals surface area (Å²) >= 11 is 0. The zero-order chi connectivity index (χ0) is 22.2. The molecule has 0 fully saturated rings. The van der Waals surface area contributed by atoms with Crippen LogP contribution in [0.3, 0.4) is 0 Å². The molecule has 0 bridgehead atoms. The van der Waals surface area contributed by atoms with E-state index in [1.54, 1.807) is 12.1 Å². The molecule has 0 unspecified atom stereocenters. The van der Waals surface area contributed by atoms with E-state index in [9.17, 15) is 12.8 Å². The van der Waals surface area contributed by atoms with Gasteiger partial charge in [0.25, 0.3) is 10.0 Å². The first-order chi connectivity index (χ1) is 14.6. The number of sulfonamides is 1. The quantitative estimate of drug-likeness (QED) is 0.577. The summed E-state index contributed by atoms with van der Waals surface area (Å²) in [6.07, 6.45) is 0. The molecule has 0 atom stereocenters. The Morgan fingerprint density at radius 1 is 0.903 bits per heavy atom. The first kappa shape index (κ1) is 21.5. The normalized spacial score (nSPS) is 14.5. The Morgan fingerprint density at radius 3 is 2.19 bits per heavy atom. The summed E-state index contributed by atoms with van der Waals surface area (Å²) in [4.78, 5) is 2.52. The van der Waals surface area contributed by atoms with E-state index in [0.29, 0.717) is 12.2 Å². The smallest absolute Gasteiger partial charge is 0.261 e. The van der Waals surface area contributed by atoms with E-state index < -0.39 is 15.8 Å². The van der Waals surface area contributed by atoms with Crippen molar-refractivity contribution in [1.82, 2.24) is 4.90 Å². The molecule has 3 aromatic carbocycles. The van der Waals surface area contributed by atoms with Gasteiger partial charge in [0, 0.05) is 25.3 Å². The molecule has 3 aromatic rings. The molecule has 1 N–H and O–H groups in total. The highest BCUT2D eigenvalue weighted by molar-refractivity contribution is 7.92. The molecule has 1 aliphatic heterocycles. The molecule has 31 heavy (non-hydrogen) atoms. The lowest BCUT2D eigenvalue weighted by Crippen LogP contribution is -2.16. The summed E-state index contributed by atoms with van der Waals surface area (Å²) in [5.74, 6) is -0.409. The van der Waals surface area contributed by atoms with Gasteiger partial charge in [0.1, 0.15) is 5.82 Å². The molecule has 0 aliphatic carbocycles. The number of nitrogens with one attached hydrogen (secondary N) is 1. The Balaban J connectivity index is 1.46. The van der Waals surface area contributed by atoms with Gasteiger partial charge in [0.05, 0.1) is 4.90 Å². The summed E-state index contributed by atoms with van der Waals surface area (Å²) in [6, 6.07) is 19.2. The summed E-state index contributed by atoms with van der Waals surface area (Å²) in [7, 11) is -3.73. The van der Waals surface area contributed by atoms with Crippen molar-refractivity contribution in [3.05, 3.63) is 94.8 Å². The van der Waals surface area contributed by atoms with Gasteiger partial charge in [-0.3, -0.25) is 9.62 Å². The second kappa shape index (κ2) is 8.09. The highest BCUT2D eigenvalue weighted by Crippen LogP contribution is 2.28. The summed E-state index contributed by atoms with van der Waals surface area (Å²) in [5.41, 5.74) is 5.19. The summed E-state index contributed by atoms with van der Waals surface area (Å²) < 4.78 is 41.1. The van der Waals surface area contributed by atoms with Crippen LogP contribution in [0.5, 0.6) is 0 Å². The Labute approximate surface area is 183 Å². The van der Waals surface area contributed by atoms with Crippen molar-refractivity contribution in [2.24, 2.45) is 0 Å². The van der Waals surface area contributed by atoms with Crippen LogP contribution in [0, 0.1) is 5.82 Å². The largest absolute Gasteiger partial charge is 0.291 e. The molecule has 6 heteroatoms. The second-order valence-electron chi connectivity index (χ2n) is 9.13. The molecular formula is C25H27FN2O2S. The van der Waals surface area contributed by atoms with Crippen molar-refractivity contribution >= 4 is 15.7 Å². The van der Waals surface area contributed by atoms with E-state index in [4.69, 9.17) is 0 Å². The van der Waals surface area contributed by atoms with E-state index in [1.807, 2.05) is 6.07 Å². The van der Waals surface area contributed by atoms with Gasteiger partial charge in [-0.2, -0.15) is 0 Å². The maximum Gasteiger partial charge on any atom is 0.261 e. The van der Waals surface area contributed by atoms with E-state index in [2.05, 4.69) is 54.7 Å². The summed E-state index contributed by atoms with van der Waals surface area (Å²) in [5, 5.41) is 0. The Morgan fingerprint density at radius 2 is 1.55 bits per heavy atom. The average molecular weight is 439 g/mol. The number of hydrogen-bond acceptors (Lipinski definition) is 3. The predicted octanol–water partition coefficient (Wildman–Crippen LogP) is 5.44. The van der Waals surface area contributed by atoms with Crippen LogP contribution in [0.25, 0.3) is 0 Å². The van der Waals surface area contributed by atoms with Crippen molar-refractivity contribution in [1.29, 1.82) is 0 Å². The molecule has 4 rings (SSSR count). The molecular weight excluding hydrogens is 411 g/mol. The minimum absolute atomic E-state index is 0.131. The topological polar surface area (TPSA) is 49.4 Å². The standard InChI is InChI=1S/C25H27FN2O2S/c1-25(2,3)21-7-4-18(5-8-21)15-28-16-19-6-13-24(14-20(19)17-28)31(29,30)27-23-11-9-22(26)10-12-23/h4-14,27H,15-17H2,1-3H3. The zero-order valence-electron chi connectivity index (χ0n) is 18.0. The molecule has 1 aliphatic rings. The van der Waals surface area contributed by atoms with Crippen LogP contribution in [0.2, 0.25) is 0 Å². The molecule has 0 saturated heterocycles. The highest BCUT2D eigenvalue weighted by atomic mass is 32.2. The maximum absolute atomic E-state index is 13.1. The van der Waals surface area contributed by atoms with Crippen molar-refractivity contribution in [3.8, 4) is 0 Å². The fourth-order valence-electron chi connectivity index (χ4n) is 3.82. The van der Waals surface area contributed by atoms with E-state index in [1.165, 1.54) is 35.4 Å². The molecule has 1 heterocycles. The van der Waals surface area contributed by atoms with Crippen molar-refractivity contribution < 1.29 is 12.8 Å². The van der Waals surface area contributed by atoms with Crippen LogP contribution in [0.15, 0.2) is 71.6 Å². The molecule has 0 aromatic heterocycles.